The molecular formula is C14H24NO3. The molecule has 4 heteroatoms. The summed E-state index contributed by atoms with van der Waals surface area (Å²) in [4.78, 5) is 22.4. The van der Waals surface area contributed by atoms with E-state index in [0.29, 0.717) is 12.3 Å². The minimum Gasteiger partial charge on any atom is -0.444 e. The molecule has 1 rings (SSSR count). The summed E-state index contributed by atoms with van der Waals surface area (Å²) >= 11 is 0. The van der Waals surface area contributed by atoms with Crippen LogP contribution >= 0.6 is 0 Å². The standard InChI is InChI=1S/C14H24NO3/c1-14(2,3)18-13(17)15-12(10-16)9-11-7-5-4-6-8-11/h11-12H,4-9H2,1-3H3,(H,15,17)/t12-/m0/s1. The van der Waals surface area contributed by atoms with Crippen LogP contribution in [0.1, 0.15) is 59.3 Å². The topological polar surface area (TPSA) is 55.4 Å². The molecule has 1 N–H and O–H groups in total. The van der Waals surface area contributed by atoms with E-state index in [1.54, 1.807) is 20.8 Å². The number of hydrogen-bond acceptors (Lipinski definition) is 3. The Bertz CT molecular complexity index is 277. The summed E-state index contributed by atoms with van der Waals surface area (Å²) in [5, 5.41) is 2.59. The highest BCUT2D eigenvalue weighted by molar-refractivity contribution is 5.73. The van der Waals surface area contributed by atoms with Gasteiger partial charge in [-0.3, -0.25) is 4.79 Å². The second kappa shape index (κ2) is 6.76. The first-order valence-corrected chi connectivity index (χ1v) is 6.78. The van der Waals surface area contributed by atoms with Gasteiger partial charge >= 0.3 is 6.09 Å². The Morgan fingerprint density at radius 2 is 1.94 bits per heavy atom. The Balaban J connectivity index is 2.36. The van der Waals surface area contributed by atoms with Gasteiger partial charge in [0.25, 0.3) is 0 Å². The lowest BCUT2D eigenvalue weighted by molar-refractivity contribution is 0.0511. The summed E-state index contributed by atoms with van der Waals surface area (Å²) in [6, 6.07) is -0.539. The van der Waals surface area contributed by atoms with E-state index in [9.17, 15) is 9.59 Å². The molecule has 0 spiro atoms. The van der Waals surface area contributed by atoms with Crippen molar-refractivity contribution in [2.45, 2.75) is 70.9 Å². The largest absolute Gasteiger partial charge is 0.444 e. The molecule has 1 radical (unpaired) electrons. The van der Waals surface area contributed by atoms with Gasteiger partial charge in [-0.05, 0) is 33.1 Å². The van der Waals surface area contributed by atoms with Gasteiger partial charge in [0.1, 0.15) is 5.60 Å². The maximum atomic E-state index is 11.6. The zero-order chi connectivity index (χ0) is 13.6. The molecule has 0 aromatic heterocycles. The molecule has 1 amide bonds. The van der Waals surface area contributed by atoms with Crippen molar-refractivity contribution in [1.82, 2.24) is 5.32 Å². The van der Waals surface area contributed by atoms with E-state index in [0.717, 1.165) is 12.8 Å². The van der Waals surface area contributed by atoms with Crippen molar-refractivity contribution < 1.29 is 14.3 Å². The number of ether oxygens (including phenoxy) is 1. The number of carbonyl (C=O) groups excluding carboxylic acids is 2. The molecule has 0 aromatic carbocycles. The van der Waals surface area contributed by atoms with Crippen molar-refractivity contribution in [2.75, 3.05) is 0 Å². The van der Waals surface area contributed by atoms with Crippen LogP contribution in [-0.2, 0) is 9.53 Å². The van der Waals surface area contributed by atoms with Gasteiger partial charge < -0.3 is 10.1 Å². The van der Waals surface area contributed by atoms with E-state index in [-0.39, 0.29) is 0 Å². The van der Waals surface area contributed by atoms with Crippen LogP contribution in [0.4, 0.5) is 4.79 Å². The summed E-state index contributed by atoms with van der Waals surface area (Å²) in [6.45, 7) is 5.40. The minimum atomic E-state index is -0.539. The van der Waals surface area contributed by atoms with Gasteiger partial charge in [-0.15, -0.1) is 0 Å². The SMILES string of the molecule is CC(C)(C)OC(=O)N[C@H]([C]=O)CC1CCCCC1. The molecule has 103 valence electrons. The Kier molecular flexibility index (Phi) is 5.63. The number of alkyl carbamates (subject to hydrolysis) is 1. The second-order valence-corrected chi connectivity index (χ2v) is 6.06. The summed E-state index contributed by atoms with van der Waals surface area (Å²) in [7, 11) is 0. The summed E-state index contributed by atoms with van der Waals surface area (Å²) in [5.41, 5.74) is -0.539. The fraction of sp³-hybridized carbons (Fsp3) is 0.857. The molecule has 1 aliphatic rings. The lowest BCUT2D eigenvalue weighted by atomic mass is 9.85. The molecule has 1 saturated carbocycles. The van der Waals surface area contributed by atoms with Crippen molar-refractivity contribution in [2.24, 2.45) is 5.92 Å². The van der Waals surface area contributed by atoms with Crippen molar-refractivity contribution in [1.29, 1.82) is 0 Å². The van der Waals surface area contributed by atoms with Crippen LogP contribution in [-0.4, -0.2) is 24.0 Å². The number of carbonyl (C=O) groups is 1. The fourth-order valence-corrected chi connectivity index (χ4v) is 2.34. The Morgan fingerprint density at radius 3 is 2.44 bits per heavy atom. The third-order valence-corrected chi connectivity index (χ3v) is 3.13. The molecule has 4 nitrogen and oxygen atoms in total. The van der Waals surface area contributed by atoms with Crippen molar-refractivity contribution in [3.63, 3.8) is 0 Å². The number of hydrogen-bond donors (Lipinski definition) is 1. The quantitative estimate of drug-likeness (QED) is 0.839. The molecule has 0 aliphatic heterocycles. The highest BCUT2D eigenvalue weighted by Crippen LogP contribution is 2.27. The van der Waals surface area contributed by atoms with Crippen LogP contribution < -0.4 is 5.32 Å². The molecule has 0 heterocycles. The van der Waals surface area contributed by atoms with Crippen LogP contribution in [0.25, 0.3) is 0 Å². The smallest absolute Gasteiger partial charge is 0.408 e. The molecule has 0 aromatic rings. The highest BCUT2D eigenvalue weighted by atomic mass is 16.6. The number of rotatable bonds is 4. The monoisotopic (exact) mass is 254 g/mol. The maximum Gasteiger partial charge on any atom is 0.408 e. The molecule has 1 fully saturated rings. The predicted octanol–water partition coefficient (Wildman–Crippen LogP) is 2.96. The zero-order valence-electron chi connectivity index (χ0n) is 11.6. The first-order valence-electron chi connectivity index (χ1n) is 6.78. The van der Waals surface area contributed by atoms with E-state index in [4.69, 9.17) is 4.74 Å². The second-order valence-electron chi connectivity index (χ2n) is 6.06. The molecular weight excluding hydrogens is 230 g/mol. The zero-order valence-corrected chi connectivity index (χ0v) is 11.6. The summed E-state index contributed by atoms with van der Waals surface area (Å²) in [6.07, 6.45) is 8.08. The third-order valence-electron chi connectivity index (χ3n) is 3.13. The van der Waals surface area contributed by atoms with Gasteiger partial charge in [-0.1, -0.05) is 32.1 Å². The van der Waals surface area contributed by atoms with Crippen LogP contribution in [0.3, 0.4) is 0 Å². The van der Waals surface area contributed by atoms with E-state index < -0.39 is 17.7 Å². The van der Waals surface area contributed by atoms with E-state index in [2.05, 4.69) is 5.32 Å². The van der Waals surface area contributed by atoms with Crippen LogP contribution in [0.15, 0.2) is 0 Å². The minimum absolute atomic E-state index is 0.528. The van der Waals surface area contributed by atoms with E-state index in [1.165, 1.54) is 19.3 Å². The van der Waals surface area contributed by atoms with Gasteiger partial charge in [0, 0.05) is 0 Å². The predicted molar refractivity (Wildman–Crippen MR) is 70.0 cm³/mol. The first kappa shape index (κ1) is 15.0. The molecule has 0 bridgehead atoms. The third kappa shape index (κ3) is 6.03. The number of nitrogens with one attached hydrogen (secondary N) is 1. The van der Waals surface area contributed by atoms with Gasteiger partial charge in [0.05, 0.1) is 6.04 Å². The van der Waals surface area contributed by atoms with Gasteiger partial charge in [0.2, 0.25) is 6.29 Å². The first-order chi connectivity index (χ1) is 8.40. The van der Waals surface area contributed by atoms with Gasteiger partial charge in [-0.2, -0.15) is 0 Å². The maximum absolute atomic E-state index is 11.6. The lowest BCUT2D eigenvalue weighted by Gasteiger charge is -2.25. The van der Waals surface area contributed by atoms with Crippen LogP contribution in [0.5, 0.6) is 0 Å². The molecule has 1 atom stereocenters. The fourth-order valence-electron chi connectivity index (χ4n) is 2.34. The molecule has 18 heavy (non-hydrogen) atoms. The summed E-state index contributed by atoms with van der Waals surface area (Å²) in [5.74, 6) is 0.528. The Labute approximate surface area is 109 Å². The number of amides is 1. The lowest BCUT2D eigenvalue weighted by Crippen LogP contribution is -2.41. The average molecular weight is 254 g/mol. The Morgan fingerprint density at radius 1 is 1.33 bits per heavy atom. The Hall–Kier alpha value is -1.06. The highest BCUT2D eigenvalue weighted by Gasteiger charge is 2.23. The van der Waals surface area contributed by atoms with E-state index in [1.807, 2.05) is 6.29 Å². The summed E-state index contributed by atoms with van der Waals surface area (Å²) < 4.78 is 5.13. The average Bonchev–Trinajstić information content (AvgIpc) is 2.27. The molecule has 1 aliphatic carbocycles. The molecule has 0 unspecified atom stereocenters. The van der Waals surface area contributed by atoms with Crippen molar-refractivity contribution in [3.05, 3.63) is 0 Å². The van der Waals surface area contributed by atoms with Crippen molar-refractivity contribution in [3.8, 4) is 0 Å². The van der Waals surface area contributed by atoms with E-state index >= 15 is 0 Å². The van der Waals surface area contributed by atoms with Crippen LogP contribution in [0.2, 0.25) is 0 Å². The van der Waals surface area contributed by atoms with Crippen LogP contribution in [0, 0.1) is 5.92 Å². The van der Waals surface area contributed by atoms with Gasteiger partial charge in [0.15, 0.2) is 0 Å². The molecule has 0 saturated heterocycles. The van der Waals surface area contributed by atoms with Crippen molar-refractivity contribution >= 4 is 12.4 Å². The van der Waals surface area contributed by atoms with Gasteiger partial charge in [-0.25, -0.2) is 4.79 Å². The normalized spacial score (nSPS) is 19.1.